The Bertz CT molecular complexity index is 1060. The number of hydrogen-bond acceptors (Lipinski definition) is 5. The standard InChI is InChI=1S/C24H25FN4O2/c1-31-21-9-2-5-17(13-21)15-27-24(30)19-7-4-12-29(16-19)22-10-11-26-23(28-22)18-6-3-8-20(25)14-18/h2-3,5-6,8-11,13-14,19H,4,7,12,15-16H2,1H3,(H,27,30)/t19-/m0/s1. The summed E-state index contributed by atoms with van der Waals surface area (Å²) in [4.78, 5) is 23.8. The smallest absolute Gasteiger partial charge is 0.225 e. The van der Waals surface area contributed by atoms with Gasteiger partial charge in [0.05, 0.1) is 13.0 Å². The summed E-state index contributed by atoms with van der Waals surface area (Å²) in [7, 11) is 1.63. The van der Waals surface area contributed by atoms with Gasteiger partial charge in [-0.05, 0) is 48.7 Å². The van der Waals surface area contributed by atoms with Gasteiger partial charge >= 0.3 is 0 Å². The van der Waals surface area contributed by atoms with Crippen LogP contribution >= 0.6 is 0 Å². The lowest BCUT2D eigenvalue weighted by Gasteiger charge is -2.33. The van der Waals surface area contributed by atoms with Crippen LogP contribution in [0.5, 0.6) is 5.75 Å². The third-order valence-electron chi connectivity index (χ3n) is 5.44. The van der Waals surface area contributed by atoms with E-state index < -0.39 is 0 Å². The summed E-state index contributed by atoms with van der Waals surface area (Å²) in [5, 5.41) is 3.04. The van der Waals surface area contributed by atoms with Crippen molar-refractivity contribution in [3.8, 4) is 17.1 Å². The van der Waals surface area contributed by atoms with E-state index in [0.717, 1.165) is 36.5 Å². The van der Waals surface area contributed by atoms with Crippen LogP contribution in [0.25, 0.3) is 11.4 Å². The molecular formula is C24H25FN4O2. The second kappa shape index (κ2) is 9.55. The molecule has 6 nitrogen and oxygen atoms in total. The quantitative estimate of drug-likeness (QED) is 0.657. The number of hydrogen-bond donors (Lipinski definition) is 1. The number of methoxy groups -OCH3 is 1. The molecule has 2 heterocycles. The number of halogens is 1. The number of benzene rings is 2. The molecule has 4 rings (SSSR count). The van der Waals surface area contributed by atoms with Crippen LogP contribution in [0.3, 0.4) is 0 Å². The Hall–Kier alpha value is -3.48. The molecule has 1 amide bonds. The van der Waals surface area contributed by atoms with E-state index >= 15 is 0 Å². The van der Waals surface area contributed by atoms with Crippen molar-refractivity contribution in [3.63, 3.8) is 0 Å². The zero-order chi connectivity index (χ0) is 21.6. The Morgan fingerprint density at radius 3 is 2.94 bits per heavy atom. The molecule has 2 aromatic carbocycles. The molecule has 1 N–H and O–H groups in total. The molecule has 31 heavy (non-hydrogen) atoms. The van der Waals surface area contributed by atoms with Gasteiger partial charge in [0, 0.05) is 31.4 Å². The van der Waals surface area contributed by atoms with Gasteiger partial charge in [-0.2, -0.15) is 0 Å². The molecule has 1 aliphatic heterocycles. The van der Waals surface area contributed by atoms with Gasteiger partial charge in [-0.3, -0.25) is 4.79 Å². The Labute approximate surface area is 181 Å². The van der Waals surface area contributed by atoms with E-state index in [9.17, 15) is 9.18 Å². The van der Waals surface area contributed by atoms with Crippen molar-refractivity contribution >= 4 is 11.7 Å². The normalized spacial score (nSPS) is 16.1. The van der Waals surface area contributed by atoms with Crippen molar-refractivity contribution in [2.45, 2.75) is 19.4 Å². The highest BCUT2D eigenvalue weighted by molar-refractivity contribution is 5.79. The summed E-state index contributed by atoms with van der Waals surface area (Å²) >= 11 is 0. The molecule has 1 saturated heterocycles. The van der Waals surface area contributed by atoms with Crippen molar-refractivity contribution < 1.29 is 13.9 Å². The first-order valence-corrected chi connectivity index (χ1v) is 10.4. The number of anilines is 1. The largest absolute Gasteiger partial charge is 0.497 e. The number of amides is 1. The average molecular weight is 420 g/mol. The second-order valence-corrected chi connectivity index (χ2v) is 7.60. The van der Waals surface area contributed by atoms with Crippen LogP contribution in [-0.2, 0) is 11.3 Å². The van der Waals surface area contributed by atoms with Gasteiger partial charge in [-0.25, -0.2) is 14.4 Å². The fraction of sp³-hybridized carbons (Fsp3) is 0.292. The number of nitrogens with zero attached hydrogens (tertiary/aromatic N) is 3. The Kier molecular flexibility index (Phi) is 6.40. The molecule has 0 bridgehead atoms. The van der Waals surface area contributed by atoms with Gasteiger partial charge in [0.2, 0.25) is 5.91 Å². The minimum absolute atomic E-state index is 0.0342. The second-order valence-electron chi connectivity index (χ2n) is 7.60. The summed E-state index contributed by atoms with van der Waals surface area (Å²) in [5.74, 6) is 1.59. The average Bonchev–Trinajstić information content (AvgIpc) is 2.83. The Morgan fingerprint density at radius 2 is 2.10 bits per heavy atom. The molecule has 1 aliphatic rings. The van der Waals surface area contributed by atoms with E-state index in [0.29, 0.717) is 24.5 Å². The van der Waals surface area contributed by atoms with Crippen molar-refractivity contribution in [2.24, 2.45) is 5.92 Å². The fourth-order valence-corrected chi connectivity index (χ4v) is 3.81. The lowest BCUT2D eigenvalue weighted by molar-refractivity contribution is -0.125. The zero-order valence-electron chi connectivity index (χ0n) is 17.4. The summed E-state index contributed by atoms with van der Waals surface area (Å²) in [6.45, 7) is 1.87. The number of ether oxygens (including phenoxy) is 1. The maximum atomic E-state index is 13.6. The monoisotopic (exact) mass is 420 g/mol. The zero-order valence-corrected chi connectivity index (χ0v) is 17.4. The van der Waals surface area contributed by atoms with Crippen LogP contribution in [0.1, 0.15) is 18.4 Å². The SMILES string of the molecule is COc1cccc(CNC(=O)[C@H]2CCCN(c3ccnc(-c4cccc(F)c4)n3)C2)c1. The molecule has 1 fully saturated rings. The molecule has 160 valence electrons. The van der Waals surface area contributed by atoms with Gasteiger partial charge in [0.1, 0.15) is 17.4 Å². The predicted octanol–water partition coefficient (Wildman–Crippen LogP) is 3.82. The van der Waals surface area contributed by atoms with E-state index in [2.05, 4.69) is 20.2 Å². The number of nitrogens with one attached hydrogen (secondary N) is 1. The van der Waals surface area contributed by atoms with Gasteiger partial charge in [-0.15, -0.1) is 0 Å². The summed E-state index contributed by atoms with van der Waals surface area (Å²) < 4.78 is 18.8. The Morgan fingerprint density at radius 1 is 1.23 bits per heavy atom. The number of piperidine rings is 1. The van der Waals surface area contributed by atoms with Gasteiger partial charge in [-0.1, -0.05) is 24.3 Å². The minimum Gasteiger partial charge on any atom is -0.497 e. The van der Waals surface area contributed by atoms with Crippen molar-refractivity contribution in [2.75, 3.05) is 25.1 Å². The van der Waals surface area contributed by atoms with E-state index in [1.54, 1.807) is 25.4 Å². The van der Waals surface area contributed by atoms with E-state index in [1.807, 2.05) is 30.3 Å². The van der Waals surface area contributed by atoms with Crippen LogP contribution < -0.4 is 15.0 Å². The number of carbonyl (C=O) groups is 1. The maximum absolute atomic E-state index is 13.6. The van der Waals surface area contributed by atoms with Crippen LogP contribution in [0.15, 0.2) is 60.8 Å². The molecule has 0 aliphatic carbocycles. The van der Waals surface area contributed by atoms with Crippen molar-refractivity contribution in [3.05, 3.63) is 72.2 Å². The third-order valence-corrected chi connectivity index (χ3v) is 5.44. The van der Waals surface area contributed by atoms with Crippen molar-refractivity contribution in [1.82, 2.24) is 15.3 Å². The first kappa shape index (κ1) is 20.8. The van der Waals surface area contributed by atoms with Crippen LogP contribution in [0, 0.1) is 11.7 Å². The summed E-state index contributed by atoms with van der Waals surface area (Å²) in [5.41, 5.74) is 1.63. The van der Waals surface area contributed by atoms with Crippen LogP contribution in [0.4, 0.5) is 10.2 Å². The minimum atomic E-state index is -0.322. The first-order valence-electron chi connectivity index (χ1n) is 10.4. The lowest BCUT2D eigenvalue weighted by Crippen LogP contribution is -2.43. The number of rotatable bonds is 6. The van der Waals surface area contributed by atoms with Crippen LogP contribution in [0.2, 0.25) is 0 Å². The van der Waals surface area contributed by atoms with Crippen LogP contribution in [-0.4, -0.2) is 36.1 Å². The first-order chi connectivity index (χ1) is 15.1. The molecule has 0 radical (unpaired) electrons. The molecule has 1 aromatic heterocycles. The highest BCUT2D eigenvalue weighted by Gasteiger charge is 2.26. The highest BCUT2D eigenvalue weighted by atomic mass is 19.1. The van der Waals surface area contributed by atoms with Gasteiger partial charge < -0.3 is 15.0 Å². The predicted molar refractivity (Wildman–Crippen MR) is 117 cm³/mol. The molecular weight excluding hydrogens is 395 g/mol. The Balaban J connectivity index is 1.41. The molecule has 3 aromatic rings. The third kappa shape index (κ3) is 5.17. The van der Waals surface area contributed by atoms with E-state index in [-0.39, 0.29) is 17.6 Å². The lowest BCUT2D eigenvalue weighted by atomic mass is 9.97. The molecule has 0 unspecified atom stereocenters. The number of aromatic nitrogens is 2. The van der Waals surface area contributed by atoms with Gasteiger partial charge in [0.15, 0.2) is 5.82 Å². The van der Waals surface area contributed by atoms with Gasteiger partial charge in [0.25, 0.3) is 0 Å². The maximum Gasteiger partial charge on any atom is 0.225 e. The summed E-state index contributed by atoms with van der Waals surface area (Å²) in [6, 6.07) is 15.7. The molecule has 1 atom stereocenters. The molecule has 7 heteroatoms. The summed E-state index contributed by atoms with van der Waals surface area (Å²) in [6.07, 6.45) is 3.41. The topological polar surface area (TPSA) is 67.3 Å². The van der Waals surface area contributed by atoms with E-state index in [4.69, 9.17) is 4.74 Å². The molecule has 0 spiro atoms. The fourth-order valence-electron chi connectivity index (χ4n) is 3.81. The van der Waals surface area contributed by atoms with E-state index in [1.165, 1.54) is 12.1 Å². The number of carbonyl (C=O) groups excluding carboxylic acids is 1. The molecule has 0 saturated carbocycles. The highest BCUT2D eigenvalue weighted by Crippen LogP contribution is 2.24. The van der Waals surface area contributed by atoms with Crippen molar-refractivity contribution in [1.29, 1.82) is 0 Å².